The quantitative estimate of drug-likeness (QED) is 0.807. The van der Waals surface area contributed by atoms with E-state index in [1.807, 2.05) is 19.1 Å². The SMILES string of the molecule is C[C@H]1CN(C(=O)COc2cccc(-n3cnnn3)c2)CCO1. The van der Waals surface area contributed by atoms with E-state index < -0.39 is 0 Å². The standard InChI is InChI=1S/C14H17N5O3/c1-11-8-18(5-6-21-11)14(20)9-22-13-4-2-3-12(7-13)19-10-15-16-17-19/h2-4,7,10-11H,5-6,8-9H2,1H3/t11-/m0/s1. The number of carbonyl (C=O) groups excluding carboxylic acids is 1. The number of nitrogens with zero attached hydrogens (tertiary/aromatic N) is 5. The van der Waals surface area contributed by atoms with E-state index in [1.54, 1.807) is 17.0 Å². The van der Waals surface area contributed by atoms with Crippen LogP contribution in [0.4, 0.5) is 0 Å². The lowest BCUT2D eigenvalue weighted by Crippen LogP contribution is -2.46. The summed E-state index contributed by atoms with van der Waals surface area (Å²) in [7, 11) is 0. The third-order valence-electron chi connectivity index (χ3n) is 3.39. The lowest BCUT2D eigenvalue weighted by molar-refractivity contribution is -0.140. The van der Waals surface area contributed by atoms with Gasteiger partial charge < -0.3 is 14.4 Å². The molecule has 2 heterocycles. The highest BCUT2D eigenvalue weighted by Crippen LogP contribution is 2.16. The van der Waals surface area contributed by atoms with E-state index in [0.717, 1.165) is 5.69 Å². The Morgan fingerprint density at radius 3 is 3.18 bits per heavy atom. The number of amides is 1. The summed E-state index contributed by atoms with van der Waals surface area (Å²) in [4.78, 5) is 13.9. The third kappa shape index (κ3) is 3.40. The predicted molar refractivity (Wildman–Crippen MR) is 76.6 cm³/mol. The lowest BCUT2D eigenvalue weighted by atomic mass is 10.3. The molecule has 1 aromatic heterocycles. The van der Waals surface area contributed by atoms with E-state index in [1.165, 1.54) is 11.0 Å². The average Bonchev–Trinajstić information content (AvgIpc) is 3.07. The second-order valence-electron chi connectivity index (χ2n) is 5.06. The van der Waals surface area contributed by atoms with Gasteiger partial charge in [0, 0.05) is 19.2 Å². The van der Waals surface area contributed by atoms with E-state index in [4.69, 9.17) is 9.47 Å². The summed E-state index contributed by atoms with van der Waals surface area (Å²) < 4.78 is 12.5. The molecule has 1 atom stereocenters. The van der Waals surface area contributed by atoms with Gasteiger partial charge in [-0.25, -0.2) is 4.68 Å². The Balaban J connectivity index is 1.59. The Bertz CT molecular complexity index is 631. The third-order valence-corrected chi connectivity index (χ3v) is 3.39. The molecule has 1 amide bonds. The van der Waals surface area contributed by atoms with Gasteiger partial charge in [-0.1, -0.05) is 6.07 Å². The maximum absolute atomic E-state index is 12.1. The first kappa shape index (κ1) is 14.5. The minimum Gasteiger partial charge on any atom is -0.484 e. The number of tetrazole rings is 1. The van der Waals surface area contributed by atoms with Crippen molar-refractivity contribution < 1.29 is 14.3 Å². The van der Waals surface area contributed by atoms with Crippen LogP contribution in [-0.2, 0) is 9.53 Å². The largest absolute Gasteiger partial charge is 0.484 e. The van der Waals surface area contributed by atoms with Gasteiger partial charge in [0.2, 0.25) is 0 Å². The molecule has 1 saturated heterocycles. The molecule has 8 nitrogen and oxygen atoms in total. The summed E-state index contributed by atoms with van der Waals surface area (Å²) in [6, 6.07) is 7.26. The Hall–Kier alpha value is -2.48. The molecule has 3 rings (SSSR count). The summed E-state index contributed by atoms with van der Waals surface area (Å²) in [5, 5.41) is 11.0. The van der Waals surface area contributed by atoms with Crippen molar-refractivity contribution in [3.8, 4) is 11.4 Å². The van der Waals surface area contributed by atoms with Crippen LogP contribution < -0.4 is 4.74 Å². The highest BCUT2D eigenvalue weighted by molar-refractivity contribution is 5.77. The van der Waals surface area contributed by atoms with E-state index in [-0.39, 0.29) is 18.6 Å². The number of aromatic nitrogens is 4. The average molecular weight is 303 g/mol. The molecule has 1 aromatic carbocycles. The number of hydrogen-bond donors (Lipinski definition) is 0. The number of ether oxygens (including phenoxy) is 2. The molecule has 1 aliphatic heterocycles. The van der Waals surface area contributed by atoms with Crippen molar-refractivity contribution in [2.75, 3.05) is 26.3 Å². The second-order valence-corrected chi connectivity index (χ2v) is 5.06. The number of benzene rings is 1. The molecular weight excluding hydrogens is 286 g/mol. The van der Waals surface area contributed by atoms with E-state index in [9.17, 15) is 4.79 Å². The number of rotatable bonds is 4. The lowest BCUT2D eigenvalue weighted by Gasteiger charge is -2.31. The summed E-state index contributed by atoms with van der Waals surface area (Å²) in [5.41, 5.74) is 0.773. The summed E-state index contributed by atoms with van der Waals surface area (Å²) in [5.74, 6) is 0.561. The van der Waals surface area contributed by atoms with Crippen molar-refractivity contribution in [1.29, 1.82) is 0 Å². The Kier molecular flexibility index (Phi) is 4.29. The molecule has 0 aliphatic carbocycles. The number of hydrogen-bond acceptors (Lipinski definition) is 6. The monoisotopic (exact) mass is 303 g/mol. The van der Waals surface area contributed by atoms with Crippen LogP contribution in [0, 0.1) is 0 Å². The van der Waals surface area contributed by atoms with Gasteiger partial charge >= 0.3 is 0 Å². The number of carbonyl (C=O) groups is 1. The van der Waals surface area contributed by atoms with Crippen LogP contribution in [-0.4, -0.2) is 63.4 Å². The highest BCUT2D eigenvalue weighted by atomic mass is 16.5. The predicted octanol–water partition coefficient (Wildman–Crippen LogP) is 0.288. The first-order chi connectivity index (χ1) is 10.7. The second kappa shape index (κ2) is 6.52. The fourth-order valence-corrected chi connectivity index (χ4v) is 2.28. The van der Waals surface area contributed by atoms with Crippen molar-refractivity contribution in [2.45, 2.75) is 13.0 Å². The van der Waals surface area contributed by atoms with Gasteiger partial charge in [-0.3, -0.25) is 4.79 Å². The minimum atomic E-state index is -0.0389. The minimum absolute atomic E-state index is 0.00573. The molecule has 1 fully saturated rings. The van der Waals surface area contributed by atoms with Gasteiger partial charge in [0.25, 0.3) is 5.91 Å². The summed E-state index contributed by atoms with van der Waals surface area (Å²) in [6.45, 7) is 3.74. The van der Waals surface area contributed by atoms with Gasteiger partial charge in [0.15, 0.2) is 6.61 Å². The van der Waals surface area contributed by atoms with E-state index >= 15 is 0 Å². The van der Waals surface area contributed by atoms with Gasteiger partial charge in [-0.15, -0.1) is 5.10 Å². The zero-order chi connectivity index (χ0) is 15.4. The molecule has 2 aromatic rings. The van der Waals surface area contributed by atoms with Crippen LogP contribution in [0.25, 0.3) is 5.69 Å². The highest BCUT2D eigenvalue weighted by Gasteiger charge is 2.21. The van der Waals surface area contributed by atoms with Crippen molar-refractivity contribution in [3.63, 3.8) is 0 Å². The fourth-order valence-electron chi connectivity index (χ4n) is 2.28. The molecule has 116 valence electrons. The molecular formula is C14H17N5O3. The van der Waals surface area contributed by atoms with Gasteiger partial charge in [0.1, 0.15) is 12.1 Å². The van der Waals surface area contributed by atoms with Crippen LogP contribution in [0.2, 0.25) is 0 Å². The van der Waals surface area contributed by atoms with Crippen LogP contribution in [0.5, 0.6) is 5.75 Å². The van der Waals surface area contributed by atoms with Crippen LogP contribution in [0.15, 0.2) is 30.6 Å². The summed E-state index contributed by atoms with van der Waals surface area (Å²) in [6.07, 6.45) is 1.57. The fraction of sp³-hybridized carbons (Fsp3) is 0.429. The molecule has 0 bridgehead atoms. The maximum atomic E-state index is 12.1. The zero-order valence-electron chi connectivity index (χ0n) is 12.3. The van der Waals surface area contributed by atoms with E-state index in [0.29, 0.717) is 25.4 Å². The van der Waals surface area contributed by atoms with Crippen LogP contribution in [0.1, 0.15) is 6.92 Å². The first-order valence-electron chi connectivity index (χ1n) is 7.08. The zero-order valence-corrected chi connectivity index (χ0v) is 12.3. The number of morpholine rings is 1. The Morgan fingerprint density at radius 1 is 1.50 bits per heavy atom. The molecule has 0 N–H and O–H groups in total. The smallest absolute Gasteiger partial charge is 0.260 e. The molecule has 22 heavy (non-hydrogen) atoms. The normalized spacial score (nSPS) is 18.2. The van der Waals surface area contributed by atoms with Gasteiger partial charge in [0.05, 0.1) is 18.4 Å². The van der Waals surface area contributed by atoms with Crippen LogP contribution >= 0.6 is 0 Å². The van der Waals surface area contributed by atoms with Crippen molar-refractivity contribution in [2.24, 2.45) is 0 Å². The molecule has 0 radical (unpaired) electrons. The molecule has 0 unspecified atom stereocenters. The van der Waals surface area contributed by atoms with Crippen molar-refractivity contribution in [1.82, 2.24) is 25.1 Å². The topological polar surface area (TPSA) is 82.4 Å². The first-order valence-corrected chi connectivity index (χ1v) is 7.08. The van der Waals surface area contributed by atoms with Crippen molar-refractivity contribution in [3.05, 3.63) is 30.6 Å². The Morgan fingerprint density at radius 2 is 2.41 bits per heavy atom. The maximum Gasteiger partial charge on any atom is 0.260 e. The molecule has 8 heteroatoms. The molecule has 0 saturated carbocycles. The molecule has 1 aliphatic rings. The van der Waals surface area contributed by atoms with E-state index in [2.05, 4.69) is 15.5 Å². The van der Waals surface area contributed by atoms with Gasteiger partial charge in [-0.05, 0) is 29.5 Å². The molecule has 0 spiro atoms. The van der Waals surface area contributed by atoms with Crippen LogP contribution in [0.3, 0.4) is 0 Å². The summed E-state index contributed by atoms with van der Waals surface area (Å²) >= 11 is 0. The van der Waals surface area contributed by atoms with Crippen molar-refractivity contribution >= 4 is 5.91 Å². The Labute approximate surface area is 127 Å². The van der Waals surface area contributed by atoms with Gasteiger partial charge in [-0.2, -0.15) is 0 Å².